The Morgan fingerprint density at radius 2 is 1.81 bits per heavy atom. The summed E-state index contributed by atoms with van der Waals surface area (Å²) in [6.07, 6.45) is 6.56. The molecule has 1 aromatic rings. The molecule has 1 aliphatic carbocycles. The molecular formula is C21H34N4O2. The maximum atomic E-state index is 12.1. The van der Waals surface area contributed by atoms with Gasteiger partial charge in [0, 0.05) is 38.5 Å². The molecule has 0 saturated heterocycles. The van der Waals surface area contributed by atoms with Crippen molar-refractivity contribution in [2.24, 2.45) is 10.9 Å². The average Bonchev–Trinajstić information content (AvgIpc) is 2.72. The van der Waals surface area contributed by atoms with Gasteiger partial charge in [-0.2, -0.15) is 0 Å². The monoisotopic (exact) mass is 374 g/mol. The van der Waals surface area contributed by atoms with E-state index in [-0.39, 0.29) is 11.8 Å². The van der Waals surface area contributed by atoms with Gasteiger partial charge in [0.15, 0.2) is 5.96 Å². The molecule has 150 valence electrons. The minimum absolute atomic E-state index is 0.205. The van der Waals surface area contributed by atoms with E-state index in [1.165, 1.54) is 19.3 Å². The standard InChI is InChI=1S/C21H34N4O2/c1-2-22-21(24-14-9-17-27-19-12-7-4-8-13-19)25-16-15-23-20(26)18-10-5-3-6-11-18/h4,7-8,12-13,18H,2-3,5-6,9-11,14-17H2,1H3,(H,23,26)(H2,22,24,25). The SMILES string of the molecule is CCNC(=NCCCOc1ccccc1)NCCNC(=O)C1CCCCC1. The second kappa shape index (κ2) is 13.0. The van der Waals surface area contributed by atoms with Crippen molar-refractivity contribution < 1.29 is 9.53 Å². The van der Waals surface area contributed by atoms with E-state index in [1.54, 1.807) is 0 Å². The van der Waals surface area contributed by atoms with Gasteiger partial charge in [-0.15, -0.1) is 0 Å². The van der Waals surface area contributed by atoms with Crippen molar-refractivity contribution >= 4 is 11.9 Å². The molecule has 0 atom stereocenters. The Hall–Kier alpha value is -2.24. The molecule has 1 fully saturated rings. The van der Waals surface area contributed by atoms with Crippen LogP contribution >= 0.6 is 0 Å². The fourth-order valence-corrected chi connectivity index (χ4v) is 3.18. The lowest BCUT2D eigenvalue weighted by Gasteiger charge is -2.21. The Labute approximate surface area is 163 Å². The number of para-hydroxylation sites is 1. The summed E-state index contributed by atoms with van der Waals surface area (Å²) in [6, 6.07) is 9.82. The van der Waals surface area contributed by atoms with Gasteiger partial charge < -0.3 is 20.7 Å². The molecule has 27 heavy (non-hydrogen) atoms. The predicted molar refractivity (Wildman–Crippen MR) is 110 cm³/mol. The highest BCUT2D eigenvalue weighted by molar-refractivity contribution is 5.80. The summed E-state index contributed by atoms with van der Waals surface area (Å²) in [5, 5.41) is 9.54. The number of hydrogen-bond acceptors (Lipinski definition) is 3. The molecule has 0 bridgehead atoms. The van der Waals surface area contributed by atoms with Crippen molar-refractivity contribution in [1.82, 2.24) is 16.0 Å². The highest BCUT2D eigenvalue weighted by Gasteiger charge is 2.20. The lowest BCUT2D eigenvalue weighted by Crippen LogP contribution is -2.42. The molecule has 3 N–H and O–H groups in total. The van der Waals surface area contributed by atoms with Crippen LogP contribution in [0.2, 0.25) is 0 Å². The number of carbonyl (C=O) groups is 1. The third-order valence-corrected chi connectivity index (χ3v) is 4.62. The maximum absolute atomic E-state index is 12.1. The number of nitrogens with one attached hydrogen (secondary N) is 3. The lowest BCUT2D eigenvalue weighted by atomic mass is 9.89. The van der Waals surface area contributed by atoms with E-state index in [4.69, 9.17) is 4.74 Å². The molecule has 6 nitrogen and oxygen atoms in total. The van der Waals surface area contributed by atoms with Gasteiger partial charge in [-0.3, -0.25) is 9.79 Å². The van der Waals surface area contributed by atoms with Gasteiger partial charge in [0.05, 0.1) is 6.61 Å². The predicted octanol–water partition coefficient (Wildman–Crippen LogP) is 2.71. The molecule has 0 unspecified atom stereocenters. The highest BCUT2D eigenvalue weighted by Crippen LogP contribution is 2.23. The van der Waals surface area contributed by atoms with Crippen LogP contribution in [0.4, 0.5) is 0 Å². The molecule has 0 radical (unpaired) electrons. The zero-order valence-corrected chi connectivity index (χ0v) is 16.5. The minimum atomic E-state index is 0.205. The Morgan fingerprint density at radius 1 is 1.07 bits per heavy atom. The van der Waals surface area contributed by atoms with Crippen molar-refractivity contribution in [1.29, 1.82) is 0 Å². The number of ether oxygens (including phenoxy) is 1. The van der Waals surface area contributed by atoms with Gasteiger partial charge >= 0.3 is 0 Å². The second-order valence-corrected chi connectivity index (χ2v) is 6.83. The third kappa shape index (κ3) is 8.80. The van der Waals surface area contributed by atoms with Crippen LogP contribution in [-0.2, 0) is 4.79 Å². The molecule has 1 saturated carbocycles. The summed E-state index contributed by atoms with van der Waals surface area (Å²) in [5.41, 5.74) is 0. The van der Waals surface area contributed by atoms with Crippen LogP contribution in [0.5, 0.6) is 5.75 Å². The number of rotatable bonds is 10. The molecular weight excluding hydrogens is 340 g/mol. The van der Waals surface area contributed by atoms with E-state index in [0.717, 1.165) is 37.5 Å². The van der Waals surface area contributed by atoms with Crippen molar-refractivity contribution in [3.63, 3.8) is 0 Å². The number of aliphatic imine (C=N–C) groups is 1. The first-order chi connectivity index (χ1) is 13.3. The largest absolute Gasteiger partial charge is 0.494 e. The Bertz CT molecular complexity index is 557. The van der Waals surface area contributed by atoms with Crippen molar-refractivity contribution in [3.05, 3.63) is 30.3 Å². The quantitative estimate of drug-likeness (QED) is 0.334. The van der Waals surface area contributed by atoms with E-state index < -0.39 is 0 Å². The summed E-state index contributed by atoms with van der Waals surface area (Å²) >= 11 is 0. The summed E-state index contributed by atoms with van der Waals surface area (Å²) in [4.78, 5) is 16.7. The Morgan fingerprint density at radius 3 is 2.56 bits per heavy atom. The first kappa shape index (κ1) is 21.1. The van der Waals surface area contributed by atoms with E-state index in [1.807, 2.05) is 37.3 Å². The Balaban J connectivity index is 1.59. The Kier molecular flexibility index (Phi) is 10.1. The van der Waals surface area contributed by atoms with Crippen molar-refractivity contribution in [2.45, 2.75) is 45.4 Å². The zero-order chi connectivity index (χ0) is 19.2. The fourth-order valence-electron chi connectivity index (χ4n) is 3.18. The van der Waals surface area contributed by atoms with Gasteiger partial charge in [0.25, 0.3) is 0 Å². The smallest absolute Gasteiger partial charge is 0.223 e. The van der Waals surface area contributed by atoms with Crippen LogP contribution in [0.1, 0.15) is 45.4 Å². The molecule has 0 aromatic heterocycles. The van der Waals surface area contributed by atoms with Crippen LogP contribution in [0.3, 0.4) is 0 Å². The van der Waals surface area contributed by atoms with Crippen LogP contribution in [0.15, 0.2) is 35.3 Å². The first-order valence-corrected chi connectivity index (χ1v) is 10.3. The van der Waals surface area contributed by atoms with Crippen LogP contribution in [0.25, 0.3) is 0 Å². The molecule has 6 heteroatoms. The highest BCUT2D eigenvalue weighted by atomic mass is 16.5. The number of guanidine groups is 1. The van der Waals surface area contributed by atoms with Crippen molar-refractivity contribution in [2.75, 3.05) is 32.8 Å². The molecule has 1 aromatic carbocycles. The summed E-state index contributed by atoms with van der Waals surface area (Å²) < 4.78 is 5.67. The van der Waals surface area contributed by atoms with Gasteiger partial charge in [-0.1, -0.05) is 37.5 Å². The second-order valence-electron chi connectivity index (χ2n) is 6.83. The average molecular weight is 375 g/mol. The van der Waals surface area contributed by atoms with Crippen LogP contribution < -0.4 is 20.7 Å². The maximum Gasteiger partial charge on any atom is 0.223 e. The normalized spacial score (nSPS) is 15.2. The van der Waals surface area contributed by atoms with Gasteiger partial charge in [-0.05, 0) is 31.9 Å². The summed E-state index contributed by atoms with van der Waals surface area (Å²) in [7, 11) is 0. The van der Waals surface area contributed by atoms with Gasteiger partial charge in [0.1, 0.15) is 5.75 Å². The van der Waals surface area contributed by atoms with E-state index in [2.05, 4.69) is 20.9 Å². The number of nitrogens with zero attached hydrogens (tertiary/aromatic N) is 1. The topological polar surface area (TPSA) is 74.8 Å². The van der Waals surface area contributed by atoms with Crippen LogP contribution in [0, 0.1) is 5.92 Å². The molecule has 2 rings (SSSR count). The molecule has 0 spiro atoms. The molecule has 0 aliphatic heterocycles. The fraction of sp³-hybridized carbons (Fsp3) is 0.619. The molecule has 1 amide bonds. The number of hydrogen-bond donors (Lipinski definition) is 3. The van der Waals surface area contributed by atoms with E-state index in [9.17, 15) is 4.79 Å². The third-order valence-electron chi connectivity index (χ3n) is 4.62. The molecule has 1 aliphatic rings. The zero-order valence-electron chi connectivity index (χ0n) is 16.5. The minimum Gasteiger partial charge on any atom is -0.494 e. The summed E-state index contributed by atoms with van der Waals surface area (Å²) in [5.74, 6) is 2.09. The number of benzene rings is 1. The molecule has 0 heterocycles. The van der Waals surface area contributed by atoms with Crippen LogP contribution in [-0.4, -0.2) is 44.7 Å². The summed E-state index contributed by atoms with van der Waals surface area (Å²) in [6.45, 7) is 5.48. The van der Waals surface area contributed by atoms with E-state index >= 15 is 0 Å². The van der Waals surface area contributed by atoms with Crippen molar-refractivity contribution in [3.8, 4) is 5.75 Å². The van der Waals surface area contributed by atoms with Gasteiger partial charge in [-0.25, -0.2) is 0 Å². The number of carbonyl (C=O) groups excluding carboxylic acids is 1. The lowest BCUT2D eigenvalue weighted by molar-refractivity contribution is -0.125. The van der Waals surface area contributed by atoms with Gasteiger partial charge in [0.2, 0.25) is 5.91 Å². The van der Waals surface area contributed by atoms with E-state index in [0.29, 0.717) is 26.2 Å². The first-order valence-electron chi connectivity index (χ1n) is 10.3. The number of amides is 1.